The van der Waals surface area contributed by atoms with Crippen LogP contribution in [0.5, 0.6) is 0 Å². The van der Waals surface area contributed by atoms with E-state index in [-0.39, 0.29) is 11.8 Å². The van der Waals surface area contributed by atoms with Crippen LogP contribution in [0.15, 0.2) is 71.3 Å². The number of nitrogens with one attached hydrogen (secondary N) is 2. The molecule has 1 aliphatic rings. The standard InChI is InChI=1S/C29H31BrClN5O/c30-23-19-34-36-26(18-25(35-28(23)36)22-14-6-7-15-24(22)31)32-16-8-9-17-33-29(37)27(21-12-4-5-13-21)20-10-2-1-3-11-20/h1-3,6-7,10-11,14-15,18-19,21,27,32H,4-5,8-9,12-13,16-17H2,(H,33,37). The number of halogens is 2. The minimum absolute atomic E-state index is 0.0478. The van der Waals surface area contributed by atoms with Crippen LogP contribution in [0.25, 0.3) is 16.9 Å². The molecule has 1 atom stereocenters. The third-order valence-corrected chi connectivity index (χ3v) is 7.99. The summed E-state index contributed by atoms with van der Waals surface area (Å²) in [7, 11) is 0. The first-order valence-corrected chi connectivity index (χ1v) is 14.1. The first-order chi connectivity index (χ1) is 18.1. The average Bonchev–Trinajstić information content (AvgIpc) is 3.57. The third kappa shape index (κ3) is 5.99. The average molecular weight is 581 g/mol. The number of benzene rings is 2. The zero-order valence-corrected chi connectivity index (χ0v) is 23.0. The molecular formula is C29H31BrClN5O. The minimum Gasteiger partial charge on any atom is -0.370 e. The van der Waals surface area contributed by atoms with Crippen LogP contribution in [0.3, 0.4) is 0 Å². The molecule has 37 heavy (non-hydrogen) atoms. The molecule has 0 saturated heterocycles. The van der Waals surface area contributed by atoms with Gasteiger partial charge in [-0.25, -0.2) is 4.98 Å². The lowest BCUT2D eigenvalue weighted by atomic mass is 9.84. The predicted molar refractivity (Wildman–Crippen MR) is 153 cm³/mol. The first kappa shape index (κ1) is 25.7. The zero-order valence-electron chi connectivity index (χ0n) is 20.7. The topological polar surface area (TPSA) is 71.3 Å². The van der Waals surface area contributed by atoms with Crippen molar-refractivity contribution >= 4 is 44.9 Å². The van der Waals surface area contributed by atoms with Gasteiger partial charge < -0.3 is 10.6 Å². The number of nitrogens with zero attached hydrogens (tertiary/aromatic N) is 3. The Kier molecular flexibility index (Phi) is 8.41. The Morgan fingerprint density at radius 3 is 2.57 bits per heavy atom. The van der Waals surface area contributed by atoms with Gasteiger partial charge in [-0.3, -0.25) is 4.79 Å². The summed E-state index contributed by atoms with van der Waals surface area (Å²) in [6, 6.07) is 19.9. The second-order valence-corrected chi connectivity index (χ2v) is 10.9. The Morgan fingerprint density at radius 1 is 1.05 bits per heavy atom. The molecule has 1 unspecified atom stereocenters. The van der Waals surface area contributed by atoms with E-state index in [4.69, 9.17) is 16.6 Å². The van der Waals surface area contributed by atoms with Crippen LogP contribution in [0.4, 0.5) is 5.82 Å². The van der Waals surface area contributed by atoms with Gasteiger partial charge in [0, 0.05) is 29.7 Å². The molecule has 5 rings (SSSR count). The Balaban J connectivity index is 1.18. The van der Waals surface area contributed by atoms with Crippen molar-refractivity contribution in [3.8, 4) is 11.3 Å². The van der Waals surface area contributed by atoms with Crippen molar-refractivity contribution in [2.75, 3.05) is 18.4 Å². The second-order valence-electron chi connectivity index (χ2n) is 9.59. The molecule has 0 radical (unpaired) electrons. The molecule has 1 aliphatic carbocycles. The summed E-state index contributed by atoms with van der Waals surface area (Å²) in [5.41, 5.74) is 3.52. The molecule has 1 fully saturated rings. The van der Waals surface area contributed by atoms with Gasteiger partial charge in [-0.2, -0.15) is 9.61 Å². The number of hydrogen-bond donors (Lipinski definition) is 2. The Bertz CT molecular complexity index is 1350. The Morgan fingerprint density at radius 2 is 1.78 bits per heavy atom. The van der Waals surface area contributed by atoms with Gasteiger partial charge in [0.2, 0.25) is 5.91 Å². The fourth-order valence-electron chi connectivity index (χ4n) is 5.25. The quantitative estimate of drug-likeness (QED) is 0.196. The number of unbranched alkanes of at least 4 members (excludes halogenated alkanes) is 1. The maximum atomic E-state index is 13.2. The lowest BCUT2D eigenvalue weighted by molar-refractivity contribution is -0.123. The summed E-state index contributed by atoms with van der Waals surface area (Å²) in [4.78, 5) is 17.9. The normalized spacial score (nSPS) is 14.6. The smallest absolute Gasteiger partial charge is 0.227 e. The van der Waals surface area contributed by atoms with Crippen LogP contribution in [0.2, 0.25) is 5.02 Å². The number of hydrogen-bond acceptors (Lipinski definition) is 4. The number of amides is 1. The highest BCUT2D eigenvalue weighted by Crippen LogP contribution is 2.37. The lowest BCUT2D eigenvalue weighted by Crippen LogP contribution is -2.33. The lowest BCUT2D eigenvalue weighted by Gasteiger charge is -2.23. The van der Waals surface area contributed by atoms with E-state index in [0.29, 0.717) is 17.5 Å². The van der Waals surface area contributed by atoms with Crippen LogP contribution >= 0.6 is 27.5 Å². The van der Waals surface area contributed by atoms with Gasteiger partial charge in [-0.1, -0.05) is 73.0 Å². The molecule has 2 aromatic heterocycles. The molecular weight excluding hydrogens is 550 g/mol. The molecule has 1 saturated carbocycles. The highest BCUT2D eigenvalue weighted by molar-refractivity contribution is 9.10. The molecule has 2 aromatic carbocycles. The monoisotopic (exact) mass is 579 g/mol. The molecule has 0 bridgehead atoms. The number of carbonyl (C=O) groups excluding carboxylic acids is 1. The first-order valence-electron chi connectivity index (χ1n) is 13.0. The van der Waals surface area contributed by atoms with E-state index >= 15 is 0 Å². The van der Waals surface area contributed by atoms with E-state index in [1.165, 1.54) is 12.8 Å². The molecule has 6 nitrogen and oxygen atoms in total. The molecule has 192 valence electrons. The van der Waals surface area contributed by atoms with Gasteiger partial charge in [0.15, 0.2) is 5.65 Å². The van der Waals surface area contributed by atoms with Gasteiger partial charge in [0.05, 0.1) is 22.3 Å². The Labute approximate surface area is 231 Å². The van der Waals surface area contributed by atoms with E-state index in [9.17, 15) is 4.79 Å². The second kappa shape index (κ2) is 12.1. The number of fused-ring (bicyclic) bond motifs is 1. The summed E-state index contributed by atoms with van der Waals surface area (Å²) in [5, 5.41) is 11.8. The van der Waals surface area contributed by atoms with Crippen LogP contribution in [0, 0.1) is 5.92 Å². The highest BCUT2D eigenvalue weighted by Gasteiger charge is 2.31. The number of aromatic nitrogens is 3. The summed E-state index contributed by atoms with van der Waals surface area (Å²) < 4.78 is 2.61. The Hall–Kier alpha value is -2.90. The van der Waals surface area contributed by atoms with Crippen molar-refractivity contribution in [2.45, 2.75) is 44.4 Å². The molecule has 2 N–H and O–H groups in total. The summed E-state index contributed by atoms with van der Waals surface area (Å²) in [5.74, 6) is 1.40. The van der Waals surface area contributed by atoms with Crippen molar-refractivity contribution in [2.24, 2.45) is 5.92 Å². The fourth-order valence-corrected chi connectivity index (χ4v) is 5.83. The zero-order chi connectivity index (χ0) is 25.6. The summed E-state index contributed by atoms with van der Waals surface area (Å²) in [6.45, 7) is 1.42. The van der Waals surface area contributed by atoms with Gasteiger partial charge in [0.1, 0.15) is 5.82 Å². The van der Waals surface area contributed by atoms with Crippen molar-refractivity contribution in [1.82, 2.24) is 19.9 Å². The van der Waals surface area contributed by atoms with E-state index in [2.05, 4.69) is 43.8 Å². The van der Waals surface area contributed by atoms with Crippen molar-refractivity contribution in [1.29, 1.82) is 0 Å². The highest BCUT2D eigenvalue weighted by atomic mass is 79.9. The van der Waals surface area contributed by atoms with E-state index < -0.39 is 0 Å². The fraction of sp³-hybridized carbons (Fsp3) is 0.345. The molecule has 8 heteroatoms. The molecule has 2 heterocycles. The number of anilines is 1. The largest absolute Gasteiger partial charge is 0.370 e. The molecule has 0 aliphatic heterocycles. The van der Waals surface area contributed by atoms with Crippen LogP contribution in [0.1, 0.15) is 50.0 Å². The van der Waals surface area contributed by atoms with E-state index in [1.807, 2.05) is 48.5 Å². The number of carbonyl (C=O) groups is 1. The minimum atomic E-state index is -0.0478. The van der Waals surface area contributed by atoms with E-state index in [1.54, 1.807) is 10.7 Å². The van der Waals surface area contributed by atoms with Crippen molar-refractivity contribution in [3.63, 3.8) is 0 Å². The predicted octanol–water partition coefficient (Wildman–Crippen LogP) is 7.09. The SMILES string of the molecule is O=C(NCCCCNc1cc(-c2ccccc2Cl)nc2c(Br)cnn12)C(c1ccccc1)C1CCCC1. The van der Waals surface area contributed by atoms with Crippen LogP contribution in [-0.2, 0) is 4.79 Å². The van der Waals surface area contributed by atoms with Gasteiger partial charge in [-0.05, 0) is 59.2 Å². The van der Waals surface area contributed by atoms with E-state index in [0.717, 1.165) is 65.0 Å². The summed E-state index contributed by atoms with van der Waals surface area (Å²) >= 11 is 9.98. The van der Waals surface area contributed by atoms with Gasteiger partial charge in [-0.15, -0.1) is 0 Å². The van der Waals surface area contributed by atoms with Gasteiger partial charge in [0.25, 0.3) is 0 Å². The van der Waals surface area contributed by atoms with Crippen molar-refractivity contribution in [3.05, 3.63) is 81.9 Å². The maximum absolute atomic E-state index is 13.2. The van der Waals surface area contributed by atoms with Gasteiger partial charge >= 0.3 is 0 Å². The molecule has 0 spiro atoms. The molecule has 1 amide bonds. The molecule has 4 aromatic rings. The van der Waals surface area contributed by atoms with Crippen LogP contribution < -0.4 is 10.6 Å². The maximum Gasteiger partial charge on any atom is 0.227 e. The number of rotatable bonds is 10. The van der Waals surface area contributed by atoms with Crippen LogP contribution in [-0.4, -0.2) is 33.6 Å². The third-order valence-electron chi connectivity index (χ3n) is 7.10. The summed E-state index contributed by atoms with van der Waals surface area (Å²) in [6.07, 6.45) is 8.26. The van der Waals surface area contributed by atoms with Crippen molar-refractivity contribution < 1.29 is 4.79 Å².